The summed E-state index contributed by atoms with van der Waals surface area (Å²) in [5, 5.41) is 3.19. The molecule has 1 aromatic heterocycles. The molecule has 0 fully saturated rings. The van der Waals surface area contributed by atoms with Crippen molar-refractivity contribution in [3.8, 4) is 17.0 Å². The van der Waals surface area contributed by atoms with Crippen molar-refractivity contribution < 1.29 is 21.7 Å². The van der Waals surface area contributed by atoms with Crippen LogP contribution in [0.2, 0.25) is 0 Å². The summed E-state index contributed by atoms with van der Waals surface area (Å²) in [6, 6.07) is 8.16. The lowest BCUT2D eigenvalue weighted by Crippen LogP contribution is -3.00. The van der Waals surface area contributed by atoms with Gasteiger partial charge in [-0.25, -0.2) is 4.98 Å². The minimum atomic E-state index is 0. The van der Waals surface area contributed by atoms with Gasteiger partial charge in [0.1, 0.15) is 5.75 Å². The summed E-state index contributed by atoms with van der Waals surface area (Å²) >= 11 is 1.68. The van der Waals surface area contributed by atoms with E-state index in [2.05, 4.69) is 29.4 Å². The summed E-state index contributed by atoms with van der Waals surface area (Å²) in [6.45, 7) is 4.99. The molecule has 0 saturated heterocycles. The number of nitrogens with zero attached hydrogens (tertiary/aromatic N) is 1. The zero-order valence-corrected chi connectivity index (χ0v) is 13.1. The average molecular weight is 327 g/mol. The van der Waals surface area contributed by atoms with Crippen molar-refractivity contribution in [2.45, 2.75) is 26.7 Å². The lowest BCUT2D eigenvalue weighted by atomic mass is 10.2. The number of rotatable bonds is 5. The number of thiazole rings is 1. The minimum Gasteiger partial charge on any atom is -1.00 e. The van der Waals surface area contributed by atoms with Crippen LogP contribution < -0.4 is 21.7 Å². The van der Waals surface area contributed by atoms with Crippen LogP contribution in [0.25, 0.3) is 11.3 Å². The molecule has 0 amide bonds. The number of hydrogen-bond acceptors (Lipinski definition) is 3. The molecule has 2 nitrogen and oxygen atoms in total. The summed E-state index contributed by atoms with van der Waals surface area (Å²) < 4.78 is 5.62. The van der Waals surface area contributed by atoms with Crippen LogP contribution in [-0.4, -0.2) is 11.6 Å². The highest BCUT2D eigenvalue weighted by Gasteiger charge is 2.02. The maximum atomic E-state index is 5.62. The predicted molar refractivity (Wildman–Crippen MR) is 72.7 cm³/mol. The molecule has 0 radical (unpaired) electrons. The Kier molecular flexibility index (Phi) is 6.36. The van der Waals surface area contributed by atoms with Gasteiger partial charge < -0.3 is 21.7 Å². The Bertz CT molecular complexity index is 467. The number of hydrogen-bond donors (Lipinski definition) is 0. The molecule has 0 aliphatic carbocycles. The van der Waals surface area contributed by atoms with E-state index in [0.717, 1.165) is 41.5 Å². The third-order valence-electron chi connectivity index (χ3n) is 2.54. The first-order valence-corrected chi connectivity index (χ1v) is 6.83. The van der Waals surface area contributed by atoms with E-state index in [1.807, 2.05) is 19.1 Å². The molecule has 0 saturated carbocycles. The van der Waals surface area contributed by atoms with Gasteiger partial charge in [0.05, 0.1) is 17.3 Å². The maximum absolute atomic E-state index is 5.62. The molecule has 0 N–H and O–H groups in total. The first-order valence-electron chi connectivity index (χ1n) is 5.95. The van der Waals surface area contributed by atoms with Crippen molar-refractivity contribution in [1.29, 1.82) is 0 Å². The van der Waals surface area contributed by atoms with E-state index in [4.69, 9.17) is 4.74 Å². The van der Waals surface area contributed by atoms with E-state index >= 15 is 0 Å². The van der Waals surface area contributed by atoms with Crippen molar-refractivity contribution in [2.24, 2.45) is 0 Å². The topological polar surface area (TPSA) is 22.1 Å². The van der Waals surface area contributed by atoms with Crippen molar-refractivity contribution in [3.05, 3.63) is 34.7 Å². The second-order valence-electron chi connectivity index (χ2n) is 3.98. The van der Waals surface area contributed by atoms with Crippen LogP contribution in [0, 0.1) is 6.92 Å². The van der Waals surface area contributed by atoms with Crippen molar-refractivity contribution in [2.75, 3.05) is 6.61 Å². The second-order valence-corrected chi connectivity index (χ2v) is 5.04. The van der Waals surface area contributed by atoms with Crippen LogP contribution in [0.4, 0.5) is 0 Å². The molecule has 2 rings (SSSR count). The molecule has 2 aromatic rings. The monoisotopic (exact) mass is 326 g/mol. The van der Waals surface area contributed by atoms with Gasteiger partial charge in [-0.05, 0) is 37.6 Å². The SMILES string of the molecule is CCCCOc1ccc(-c2csc(C)n2)cc1.[Br-]. The van der Waals surface area contributed by atoms with Crippen LogP contribution >= 0.6 is 11.3 Å². The van der Waals surface area contributed by atoms with E-state index < -0.39 is 0 Å². The minimum absolute atomic E-state index is 0. The zero-order chi connectivity index (χ0) is 12.1. The Balaban J connectivity index is 0.00000162. The summed E-state index contributed by atoms with van der Waals surface area (Å²) in [7, 11) is 0. The summed E-state index contributed by atoms with van der Waals surface area (Å²) in [4.78, 5) is 4.46. The molecule has 0 aliphatic heterocycles. The van der Waals surface area contributed by atoms with Gasteiger partial charge in [-0.2, -0.15) is 0 Å². The third-order valence-corrected chi connectivity index (χ3v) is 3.31. The third kappa shape index (κ3) is 4.10. The zero-order valence-electron chi connectivity index (χ0n) is 10.6. The van der Waals surface area contributed by atoms with Gasteiger partial charge >= 0.3 is 0 Å². The van der Waals surface area contributed by atoms with E-state index in [1.165, 1.54) is 0 Å². The Hall–Kier alpha value is -0.870. The molecule has 0 unspecified atom stereocenters. The lowest BCUT2D eigenvalue weighted by molar-refractivity contribution is -0.00000409. The Morgan fingerprint density at radius 3 is 2.50 bits per heavy atom. The highest BCUT2D eigenvalue weighted by Crippen LogP contribution is 2.23. The Labute approximate surface area is 123 Å². The molecule has 18 heavy (non-hydrogen) atoms. The normalized spacial score (nSPS) is 9.89. The predicted octanol–water partition coefficient (Wildman–Crippen LogP) is 1.30. The van der Waals surface area contributed by atoms with Gasteiger partial charge in [0.15, 0.2) is 0 Å². The molecular formula is C14H17BrNOS-. The highest BCUT2D eigenvalue weighted by atomic mass is 79.9. The molecule has 0 bridgehead atoms. The van der Waals surface area contributed by atoms with Crippen LogP contribution in [0.15, 0.2) is 29.6 Å². The van der Waals surface area contributed by atoms with Gasteiger partial charge in [-0.15, -0.1) is 11.3 Å². The fraction of sp³-hybridized carbons (Fsp3) is 0.357. The summed E-state index contributed by atoms with van der Waals surface area (Å²) in [5.74, 6) is 0.939. The van der Waals surface area contributed by atoms with Gasteiger partial charge in [0.25, 0.3) is 0 Å². The fourth-order valence-electron chi connectivity index (χ4n) is 1.55. The van der Waals surface area contributed by atoms with Crippen LogP contribution in [0.5, 0.6) is 5.75 Å². The van der Waals surface area contributed by atoms with Crippen LogP contribution in [0.3, 0.4) is 0 Å². The molecule has 0 aliphatic rings. The molecule has 4 heteroatoms. The molecule has 0 atom stereocenters. The van der Waals surface area contributed by atoms with Gasteiger partial charge in [-0.3, -0.25) is 0 Å². The number of aryl methyl sites for hydroxylation is 1. The molecular weight excluding hydrogens is 310 g/mol. The van der Waals surface area contributed by atoms with Crippen molar-refractivity contribution in [3.63, 3.8) is 0 Å². The average Bonchev–Trinajstić information content (AvgIpc) is 2.77. The highest BCUT2D eigenvalue weighted by molar-refractivity contribution is 7.09. The van der Waals surface area contributed by atoms with Gasteiger partial charge in [0, 0.05) is 10.9 Å². The van der Waals surface area contributed by atoms with E-state index in [1.54, 1.807) is 11.3 Å². The van der Waals surface area contributed by atoms with Crippen molar-refractivity contribution in [1.82, 2.24) is 4.98 Å². The largest absolute Gasteiger partial charge is 1.00 e. The molecule has 0 spiro atoms. The summed E-state index contributed by atoms with van der Waals surface area (Å²) in [6.07, 6.45) is 2.27. The van der Waals surface area contributed by atoms with Crippen LogP contribution in [-0.2, 0) is 0 Å². The fourth-order valence-corrected chi connectivity index (χ4v) is 2.17. The van der Waals surface area contributed by atoms with Crippen LogP contribution in [0.1, 0.15) is 24.8 Å². The second kappa shape index (κ2) is 7.54. The smallest absolute Gasteiger partial charge is 0.119 e. The standard InChI is InChI=1S/C14H17NOS.BrH/c1-3-4-9-16-13-7-5-12(6-8-13)14-10-17-11(2)15-14;/h5-8,10H,3-4,9H2,1-2H3;1H/p-1. The number of halogens is 1. The number of unbranched alkanes of at least 4 members (excludes halogenated alkanes) is 1. The molecule has 1 heterocycles. The molecule has 98 valence electrons. The van der Waals surface area contributed by atoms with E-state index in [9.17, 15) is 0 Å². The van der Waals surface area contributed by atoms with E-state index in [-0.39, 0.29) is 17.0 Å². The quantitative estimate of drug-likeness (QED) is 0.773. The van der Waals surface area contributed by atoms with Crippen molar-refractivity contribution >= 4 is 11.3 Å². The lowest BCUT2D eigenvalue weighted by Gasteiger charge is -2.05. The summed E-state index contributed by atoms with van der Waals surface area (Å²) in [5.41, 5.74) is 2.20. The Morgan fingerprint density at radius 2 is 1.94 bits per heavy atom. The number of benzene rings is 1. The van der Waals surface area contributed by atoms with Gasteiger partial charge in [-0.1, -0.05) is 13.3 Å². The molecule has 1 aromatic carbocycles. The Morgan fingerprint density at radius 1 is 1.22 bits per heavy atom. The maximum Gasteiger partial charge on any atom is 0.119 e. The number of aromatic nitrogens is 1. The van der Waals surface area contributed by atoms with Gasteiger partial charge in [0.2, 0.25) is 0 Å². The first-order chi connectivity index (χ1) is 8.29. The number of ether oxygens (including phenoxy) is 1. The van der Waals surface area contributed by atoms with E-state index in [0.29, 0.717) is 0 Å². The first kappa shape index (κ1) is 15.2.